The number of nitrogens with zero attached hydrogens (tertiary/aromatic N) is 1. The lowest BCUT2D eigenvalue weighted by atomic mass is 9.94. The number of aryl methyl sites for hydroxylation is 3. The summed E-state index contributed by atoms with van der Waals surface area (Å²) in [4.78, 5) is 16.6. The molecule has 19 heavy (non-hydrogen) atoms. The molecule has 1 heterocycles. The number of fused-ring (bicyclic) bond motifs is 2. The van der Waals surface area contributed by atoms with Crippen LogP contribution in [0.25, 0.3) is 0 Å². The summed E-state index contributed by atoms with van der Waals surface area (Å²) < 4.78 is 0. The van der Waals surface area contributed by atoms with Crippen molar-refractivity contribution in [1.29, 1.82) is 0 Å². The minimum absolute atomic E-state index is 0.161. The number of carbonyl (C=O) groups is 1. The zero-order valence-electron chi connectivity index (χ0n) is 11.5. The van der Waals surface area contributed by atoms with Crippen LogP contribution in [0.2, 0.25) is 0 Å². The molecule has 0 fully saturated rings. The number of aromatic nitrogens is 1. The van der Waals surface area contributed by atoms with Gasteiger partial charge in [-0.05, 0) is 56.1 Å². The van der Waals surface area contributed by atoms with E-state index < -0.39 is 0 Å². The van der Waals surface area contributed by atoms with Gasteiger partial charge < -0.3 is 5.73 Å². The molecule has 2 N–H and O–H groups in total. The molecule has 1 atom stereocenters. The Balaban J connectivity index is 2.06. The predicted molar refractivity (Wildman–Crippen MR) is 75.0 cm³/mol. The number of nitrogens with two attached hydrogens (primary N) is 1. The molecule has 102 valence electrons. The lowest BCUT2D eigenvalue weighted by Crippen LogP contribution is -2.23. The molecule has 0 aliphatic heterocycles. The van der Waals surface area contributed by atoms with Gasteiger partial charge in [-0.25, -0.2) is 0 Å². The smallest absolute Gasteiger partial charge is 0.226 e. The molecular formula is C16H22N2O. The predicted octanol–water partition coefficient (Wildman–Crippen LogP) is 2.65. The van der Waals surface area contributed by atoms with Gasteiger partial charge >= 0.3 is 0 Å². The molecule has 0 aromatic carbocycles. The van der Waals surface area contributed by atoms with Gasteiger partial charge in [0.05, 0.1) is 11.6 Å². The van der Waals surface area contributed by atoms with Crippen LogP contribution in [-0.4, -0.2) is 10.9 Å². The van der Waals surface area contributed by atoms with Crippen LogP contribution in [0.5, 0.6) is 0 Å². The van der Waals surface area contributed by atoms with E-state index in [0.29, 0.717) is 0 Å². The van der Waals surface area contributed by atoms with Crippen LogP contribution in [0, 0.1) is 0 Å². The molecular weight excluding hydrogens is 236 g/mol. The van der Waals surface area contributed by atoms with E-state index in [9.17, 15) is 4.79 Å². The molecule has 1 unspecified atom stereocenters. The fourth-order valence-corrected chi connectivity index (χ4v) is 3.45. The molecule has 3 nitrogen and oxygen atoms in total. The summed E-state index contributed by atoms with van der Waals surface area (Å²) in [5.41, 5.74) is 10.5. The van der Waals surface area contributed by atoms with Crippen LogP contribution in [0.4, 0.5) is 0 Å². The van der Waals surface area contributed by atoms with Gasteiger partial charge in [-0.2, -0.15) is 0 Å². The molecule has 1 aromatic rings. The number of carbonyl (C=O) groups excluding carboxylic acids is 1. The van der Waals surface area contributed by atoms with E-state index in [-0.39, 0.29) is 11.8 Å². The number of hydrogen-bond donors (Lipinski definition) is 1. The van der Waals surface area contributed by atoms with Gasteiger partial charge in [-0.1, -0.05) is 18.9 Å². The van der Waals surface area contributed by atoms with Crippen LogP contribution in [0.1, 0.15) is 67.0 Å². The van der Waals surface area contributed by atoms with E-state index in [4.69, 9.17) is 10.7 Å². The lowest BCUT2D eigenvalue weighted by molar-refractivity contribution is -0.119. The van der Waals surface area contributed by atoms with Crippen LogP contribution in [0.3, 0.4) is 0 Å². The Hall–Kier alpha value is -1.38. The average Bonchev–Trinajstić information content (AvgIpc) is 2.73. The number of pyridine rings is 1. The molecule has 0 spiro atoms. The van der Waals surface area contributed by atoms with Gasteiger partial charge in [0.15, 0.2) is 0 Å². The summed E-state index contributed by atoms with van der Waals surface area (Å²) in [7, 11) is 0. The van der Waals surface area contributed by atoms with Gasteiger partial charge in [0.2, 0.25) is 5.91 Å². The quantitative estimate of drug-likeness (QED) is 0.787. The molecule has 3 heteroatoms. The molecule has 0 saturated heterocycles. The topological polar surface area (TPSA) is 56.0 Å². The van der Waals surface area contributed by atoms with Crippen molar-refractivity contribution in [2.75, 3.05) is 0 Å². The summed E-state index contributed by atoms with van der Waals surface area (Å²) in [6.45, 7) is 0. The highest BCUT2D eigenvalue weighted by atomic mass is 16.1. The maximum Gasteiger partial charge on any atom is 0.226 e. The SMILES string of the molecule is NC(=O)C1CCCCc2cc3c(nc21)CCCCC3. The first-order valence-corrected chi connectivity index (χ1v) is 7.56. The Morgan fingerprint density at radius 1 is 1.05 bits per heavy atom. The molecule has 0 saturated carbocycles. The van der Waals surface area contributed by atoms with Gasteiger partial charge in [0, 0.05) is 5.69 Å². The maximum absolute atomic E-state index is 11.7. The second kappa shape index (κ2) is 5.32. The van der Waals surface area contributed by atoms with Crippen molar-refractivity contribution in [2.45, 2.75) is 63.7 Å². The van der Waals surface area contributed by atoms with Gasteiger partial charge in [-0.3, -0.25) is 9.78 Å². The standard InChI is InChI=1S/C16H22N2O/c17-16(19)13-8-5-4-7-12-10-11-6-2-1-3-9-14(11)18-15(12)13/h10,13H,1-9H2,(H2,17,19). The second-order valence-electron chi connectivity index (χ2n) is 5.90. The summed E-state index contributed by atoms with van der Waals surface area (Å²) in [6.07, 6.45) is 10.2. The van der Waals surface area contributed by atoms with Crippen molar-refractivity contribution in [3.8, 4) is 0 Å². The third-order valence-electron chi connectivity index (χ3n) is 4.53. The molecule has 1 amide bonds. The van der Waals surface area contributed by atoms with Crippen LogP contribution >= 0.6 is 0 Å². The third-order valence-corrected chi connectivity index (χ3v) is 4.53. The normalized spacial score (nSPS) is 22.8. The van der Waals surface area contributed by atoms with Gasteiger partial charge in [-0.15, -0.1) is 0 Å². The Morgan fingerprint density at radius 3 is 2.63 bits per heavy atom. The summed E-state index contributed by atoms with van der Waals surface area (Å²) in [5, 5.41) is 0. The first kappa shape index (κ1) is 12.6. The number of hydrogen-bond acceptors (Lipinski definition) is 2. The molecule has 3 rings (SSSR count). The largest absolute Gasteiger partial charge is 0.369 e. The van der Waals surface area contributed by atoms with Gasteiger partial charge in [0.1, 0.15) is 0 Å². The molecule has 2 aliphatic carbocycles. The average molecular weight is 258 g/mol. The zero-order chi connectivity index (χ0) is 13.2. The van der Waals surface area contributed by atoms with E-state index in [1.54, 1.807) is 0 Å². The van der Waals surface area contributed by atoms with E-state index in [0.717, 1.165) is 44.2 Å². The van der Waals surface area contributed by atoms with E-state index in [1.807, 2.05) is 0 Å². The first-order valence-electron chi connectivity index (χ1n) is 7.56. The van der Waals surface area contributed by atoms with E-state index in [2.05, 4.69) is 6.07 Å². The summed E-state index contributed by atoms with van der Waals surface area (Å²) in [5.74, 6) is -0.365. The fourth-order valence-electron chi connectivity index (χ4n) is 3.45. The van der Waals surface area contributed by atoms with E-state index in [1.165, 1.54) is 36.1 Å². The zero-order valence-corrected chi connectivity index (χ0v) is 11.5. The van der Waals surface area contributed by atoms with Crippen LogP contribution in [-0.2, 0) is 24.1 Å². The third kappa shape index (κ3) is 2.51. The summed E-state index contributed by atoms with van der Waals surface area (Å²) in [6, 6.07) is 2.32. The van der Waals surface area contributed by atoms with E-state index >= 15 is 0 Å². The molecule has 0 radical (unpaired) electrons. The van der Waals surface area contributed by atoms with Crippen molar-refractivity contribution in [3.63, 3.8) is 0 Å². The van der Waals surface area contributed by atoms with Crippen molar-refractivity contribution < 1.29 is 4.79 Å². The maximum atomic E-state index is 11.7. The van der Waals surface area contributed by atoms with Crippen molar-refractivity contribution in [3.05, 3.63) is 28.6 Å². The first-order chi connectivity index (χ1) is 9.25. The second-order valence-corrected chi connectivity index (χ2v) is 5.90. The Kier molecular flexibility index (Phi) is 3.54. The minimum atomic E-state index is -0.204. The molecule has 2 aliphatic rings. The Morgan fingerprint density at radius 2 is 1.79 bits per heavy atom. The number of rotatable bonds is 1. The monoisotopic (exact) mass is 258 g/mol. The minimum Gasteiger partial charge on any atom is -0.369 e. The molecule has 0 bridgehead atoms. The Bertz CT molecular complexity index is 496. The highest BCUT2D eigenvalue weighted by Gasteiger charge is 2.26. The van der Waals surface area contributed by atoms with Crippen molar-refractivity contribution >= 4 is 5.91 Å². The van der Waals surface area contributed by atoms with Crippen molar-refractivity contribution in [2.24, 2.45) is 5.73 Å². The highest BCUT2D eigenvalue weighted by molar-refractivity contribution is 5.81. The van der Waals surface area contributed by atoms with Crippen LogP contribution in [0.15, 0.2) is 6.07 Å². The highest BCUT2D eigenvalue weighted by Crippen LogP contribution is 2.32. The van der Waals surface area contributed by atoms with Crippen LogP contribution < -0.4 is 5.73 Å². The number of primary amides is 1. The Labute approximate surface area is 114 Å². The van der Waals surface area contributed by atoms with Gasteiger partial charge in [0.25, 0.3) is 0 Å². The summed E-state index contributed by atoms with van der Waals surface area (Å²) >= 11 is 0. The fraction of sp³-hybridized carbons (Fsp3) is 0.625. The number of amides is 1. The van der Waals surface area contributed by atoms with Crippen molar-refractivity contribution in [1.82, 2.24) is 4.98 Å². The molecule has 1 aromatic heterocycles. The lowest BCUT2D eigenvalue weighted by Gasteiger charge is -2.16.